The van der Waals surface area contributed by atoms with Gasteiger partial charge in [0.25, 0.3) is 0 Å². The number of nitrogens with zero attached hydrogens (tertiary/aromatic N) is 1. The highest BCUT2D eigenvalue weighted by atomic mass is 31.2. The molecule has 470 valence electrons. The van der Waals surface area contributed by atoms with Crippen LogP contribution in [-0.4, -0.2) is 73.4 Å². The van der Waals surface area contributed by atoms with Gasteiger partial charge < -0.3 is 19.8 Å². The molecule has 0 bridgehead atoms. The van der Waals surface area contributed by atoms with E-state index >= 15 is 0 Å². The van der Waals surface area contributed by atoms with Crippen molar-refractivity contribution < 1.29 is 32.9 Å². The van der Waals surface area contributed by atoms with E-state index in [2.05, 4.69) is 31.3 Å². The molecule has 0 aromatic rings. The number of nitrogens with one attached hydrogen (secondary N) is 1. The van der Waals surface area contributed by atoms with Crippen LogP contribution in [0.5, 0.6) is 0 Å². The molecule has 9 heteroatoms. The van der Waals surface area contributed by atoms with Crippen LogP contribution in [0.15, 0.2) is 24.3 Å². The van der Waals surface area contributed by atoms with Crippen LogP contribution in [0, 0.1) is 0 Å². The SMILES string of the molecule is CCCCCCCCCC/C=C\CCCCCCCCCCCCCCCCCCCCCCCCCC(=O)NC(COP(=O)(O)OCC[N+](C)(C)C)C(O)/C=C/CCCCCCCCCCCCCCCCCCCCCC. The van der Waals surface area contributed by atoms with Crippen LogP contribution in [0.4, 0.5) is 0 Å². The maximum atomic E-state index is 13.0. The molecule has 0 saturated carbocycles. The predicted octanol–water partition coefficient (Wildman–Crippen LogP) is 22.3. The second-order valence-electron chi connectivity index (χ2n) is 25.6. The summed E-state index contributed by atoms with van der Waals surface area (Å²) >= 11 is 0. The number of aliphatic hydroxyl groups excluding tert-OH is 1. The molecule has 0 rings (SSSR count). The van der Waals surface area contributed by atoms with Crippen LogP contribution in [0.2, 0.25) is 0 Å². The number of amides is 1. The molecule has 0 aromatic heterocycles. The molecule has 3 N–H and O–H groups in total. The second kappa shape index (κ2) is 61.5. The number of unbranched alkanes of at least 4 members (excludes halogenated alkanes) is 51. The Morgan fingerprint density at radius 2 is 0.684 bits per heavy atom. The molecule has 0 spiro atoms. The van der Waals surface area contributed by atoms with Gasteiger partial charge in [0.2, 0.25) is 5.91 Å². The van der Waals surface area contributed by atoms with Crippen LogP contribution in [0.3, 0.4) is 0 Å². The van der Waals surface area contributed by atoms with E-state index in [1.54, 1.807) is 6.08 Å². The van der Waals surface area contributed by atoms with Crippen LogP contribution in [-0.2, 0) is 18.4 Å². The summed E-state index contributed by atoms with van der Waals surface area (Å²) in [4.78, 5) is 23.4. The summed E-state index contributed by atoms with van der Waals surface area (Å²) in [6, 6.07) is -0.845. The van der Waals surface area contributed by atoms with Gasteiger partial charge in [0.1, 0.15) is 13.2 Å². The fraction of sp³-hybridized carbons (Fsp3) is 0.929. The van der Waals surface area contributed by atoms with E-state index < -0.39 is 20.0 Å². The largest absolute Gasteiger partial charge is 0.472 e. The third-order valence-corrected chi connectivity index (χ3v) is 17.4. The van der Waals surface area contributed by atoms with E-state index in [1.807, 2.05) is 27.2 Å². The Kier molecular flexibility index (Phi) is 60.7. The summed E-state index contributed by atoms with van der Waals surface area (Å²) in [6.45, 7) is 4.88. The zero-order chi connectivity index (χ0) is 57.7. The van der Waals surface area contributed by atoms with Gasteiger partial charge in [0.15, 0.2) is 0 Å². The molecule has 0 heterocycles. The minimum atomic E-state index is -4.35. The number of phosphoric ester groups is 1. The smallest absolute Gasteiger partial charge is 0.387 e. The van der Waals surface area contributed by atoms with Crippen molar-refractivity contribution in [3.05, 3.63) is 24.3 Å². The Bertz CT molecular complexity index is 1340. The van der Waals surface area contributed by atoms with E-state index in [-0.39, 0.29) is 19.1 Å². The molecule has 0 aromatic carbocycles. The maximum Gasteiger partial charge on any atom is 0.472 e. The van der Waals surface area contributed by atoms with Gasteiger partial charge in [0, 0.05) is 6.42 Å². The van der Waals surface area contributed by atoms with Crippen molar-refractivity contribution in [1.29, 1.82) is 0 Å². The Morgan fingerprint density at radius 1 is 0.418 bits per heavy atom. The summed E-state index contributed by atoms with van der Waals surface area (Å²) in [5.41, 5.74) is 0. The second-order valence-corrected chi connectivity index (χ2v) is 27.1. The first-order chi connectivity index (χ1) is 38.5. The molecule has 0 aliphatic carbocycles. The number of rotatable bonds is 66. The van der Waals surface area contributed by atoms with Crippen LogP contribution >= 0.6 is 7.82 Å². The summed E-state index contributed by atoms with van der Waals surface area (Å²) in [7, 11) is 1.59. The Labute approximate surface area is 494 Å². The number of hydrogen-bond donors (Lipinski definition) is 3. The van der Waals surface area contributed by atoms with Gasteiger partial charge in [-0.15, -0.1) is 0 Å². The van der Waals surface area contributed by atoms with Gasteiger partial charge in [0.05, 0.1) is 39.9 Å². The summed E-state index contributed by atoms with van der Waals surface area (Å²) in [5.74, 6) is -0.168. The van der Waals surface area contributed by atoms with E-state index in [0.717, 1.165) is 32.1 Å². The van der Waals surface area contributed by atoms with Gasteiger partial charge in [-0.3, -0.25) is 13.8 Å². The molecule has 0 fully saturated rings. The fourth-order valence-electron chi connectivity index (χ4n) is 10.9. The van der Waals surface area contributed by atoms with Crippen molar-refractivity contribution >= 4 is 13.7 Å². The summed E-state index contributed by atoms with van der Waals surface area (Å²) < 4.78 is 23.8. The standard InChI is InChI=1S/C70H139N2O6P/c1-6-8-10-12-14-16-18-20-22-24-26-28-30-31-32-33-34-35-36-37-38-39-40-41-42-44-46-48-50-52-54-56-58-60-62-64-70(74)71-68(67-78-79(75,76)77-66-65-72(3,4)5)69(73)63-61-59-57-55-53-51-49-47-45-43-29-27-25-23-21-19-17-15-13-11-9-7-2/h24,26,61,63,68-69,73H,6-23,25,27-60,62,64-67H2,1-5H3,(H-,71,74,75,76)/p+1/b26-24-,63-61+. The molecule has 0 radical (unpaired) electrons. The number of likely N-dealkylation sites (N-methyl/N-ethyl adjacent to an activating group) is 1. The number of carbonyl (C=O) groups is 1. The van der Waals surface area contributed by atoms with Crippen molar-refractivity contribution in [2.75, 3.05) is 40.9 Å². The summed E-state index contributed by atoms with van der Waals surface area (Å²) in [6.07, 6.45) is 80.4. The van der Waals surface area contributed by atoms with Gasteiger partial charge in [-0.1, -0.05) is 340 Å². The van der Waals surface area contributed by atoms with Crippen molar-refractivity contribution in [2.45, 2.75) is 379 Å². The number of quaternary nitrogens is 1. The number of carbonyl (C=O) groups excluding carboxylic acids is 1. The zero-order valence-corrected chi connectivity index (χ0v) is 54.8. The molecule has 79 heavy (non-hydrogen) atoms. The minimum absolute atomic E-state index is 0.0646. The van der Waals surface area contributed by atoms with Crippen LogP contribution in [0.1, 0.15) is 367 Å². The fourth-order valence-corrected chi connectivity index (χ4v) is 11.7. The molecule has 3 unspecified atom stereocenters. The quantitative estimate of drug-likeness (QED) is 0.0243. The monoisotopic (exact) mass is 1140 g/mol. The number of phosphoric acid groups is 1. The Hall–Kier alpha value is -1.02. The molecular formula is C70H140N2O6P+. The molecule has 8 nitrogen and oxygen atoms in total. The first-order valence-corrected chi connectivity index (χ1v) is 36.7. The first-order valence-electron chi connectivity index (χ1n) is 35.2. The van der Waals surface area contributed by atoms with Gasteiger partial charge in [-0.25, -0.2) is 4.57 Å². The highest BCUT2D eigenvalue weighted by Crippen LogP contribution is 2.43. The van der Waals surface area contributed by atoms with Crippen molar-refractivity contribution in [3.63, 3.8) is 0 Å². The lowest BCUT2D eigenvalue weighted by molar-refractivity contribution is -0.870. The number of hydrogen-bond acceptors (Lipinski definition) is 5. The van der Waals surface area contributed by atoms with E-state index in [9.17, 15) is 19.4 Å². The number of allylic oxidation sites excluding steroid dienone is 3. The average Bonchev–Trinajstić information content (AvgIpc) is 3.42. The molecule has 3 atom stereocenters. The minimum Gasteiger partial charge on any atom is -0.387 e. The zero-order valence-electron chi connectivity index (χ0n) is 53.9. The lowest BCUT2D eigenvalue weighted by Gasteiger charge is -2.25. The van der Waals surface area contributed by atoms with E-state index in [1.165, 1.54) is 315 Å². The topological polar surface area (TPSA) is 105 Å². The molecule has 0 aliphatic rings. The molecule has 0 saturated heterocycles. The third kappa shape index (κ3) is 64.4. The van der Waals surface area contributed by atoms with Crippen molar-refractivity contribution in [2.24, 2.45) is 0 Å². The lowest BCUT2D eigenvalue weighted by Crippen LogP contribution is -2.45. The highest BCUT2D eigenvalue weighted by Gasteiger charge is 2.28. The summed E-state index contributed by atoms with van der Waals surface area (Å²) in [5, 5.41) is 14.0. The molecular weight excluding hydrogens is 996 g/mol. The highest BCUT2D eigenvalue weighted by molar-refractivity contribution is 7.47. The van der Waals surface area contributed by atoms with Gasteiger partial charge >= 0.3 is 7.82 Å². The number of aliphatic hydroxyl groups is 1. The predicted molar refractivity (Wildman–Crippen MR) is 346 cm³/mol. The maximum absolute atomic E-state index is 13.0. The van der Waals surface area contributed by atoms with Crippen molar-refractivity contribution in [1.82, 2.24) is 5.32 Å². The molecule has 1 amide bonds. The van der Waals surface area contributed by atoms with E-state index in [0.29, 0.717) is 17.4 Å². The van der Waals surface area contributed by atoms with Crippen molar-refractivity contribution in [3.8, 4) is 0 Å². The van der Waals surface area contributed by atoms with Crippen LogP contribution in [0.25, 0.3) is 0 Å². The average molecular weight is 1140 g/mol. The lowest BCUT2D eigenvalue weighted by atomic mass is 10.0. The Morgan fingerprint density at radius 3 is 0.975 bits per heavy atom. The van der Waals surface area contributed by atoms with Gasteiger partial charge in [-0.05, 0) is 44.9 Å². The van der Waals surface area contributed by atoms with E-state index in [4.69, 9.17) is 9.05 Å². The normalized spacial score (nSPS) is 13.8. The molecule has 0 aliphatic heterocycles. The Balaban J connectivity index is 3.98. The van der Waals surface area contributed by atoms with Gasteiger partial charge in [-0.2, -0.15) is 0 Å². The third-order valence-electron chi connectivity index (χ3n) is 16.4. The van der Waals surface area contributed by atoms with Crippen LogP contribution < -0.4 is 5.32 Å². The first kappa shape index (κ1) is 78.0.